The lowest BCUT2D eigenvalue weighted by atomic mass is 10.2. The number of aryl methyl sites for hydroxylation is 1. The van der Waals surface area contributed by atoms with E-state index < -0.39 is 0 Å². The Hall–Kier alpha value is -1.62. The van der Waals surface area contributed by atoms with Crippen molar-refractivity contribution in [1.82, 2.24) is 19.7 Å². The van der Waals surface area contributed by atoms with Gasteiger partial charge < -0.3 is 9.47 Å². The zero-order valence-electron chi connectivity index (χ0n) is 12.6. The molecule has 0 aliphatic carbocycles. The predicted molar refractivity (Wildman–Crippen MR) is 86.1 cm³/mol. The Morgan fingerprint density at radius 1 is 1.09 bits per heavy atom. The lowest BCUT2D eigenvalue weighted by Crippen LogP contribution is -2.26. The molecule has 116 valence electrons. The van der Waals surface area contributed by atoms with Crippen LogP contribution in [0.3, 0.4) is 0 Å². The van der Waals surface area contributed by atoms with Gasteiger partial charge in [-0.2, -0.15) is 0 Å². The Balaban J connectivity index is 1.70. The van der Waals surface area contributed by atoms with Gasteiger partial charge >= 0.3 is 0 Å². The number of hydrogen-bond acceptors (Lipinski definition) is 4. The maximum Gasteiger partial charge on any atom is 0.155 e. The Bertz CT molecular complexity index is 668. The molecule has 0 amide bonds. The Labute approximate surface area is 135 Å². The minimum atomic E-state index is 0.277. The maximum absolute atomic E-state index is 6.35. The van der Waals surface area contributed by atoms with Crippen LogP contribution in [-0.4, -0.2) is 26.3 Å². The topological polar surface area (TPSA) is 46.8 Å². The second-order valence-electron chi connectivity index (χ2n) is 6.12. The number of hydrogen-bond donors (Lipinski definition) is 0. The summed E-state index contributed by atoms with van der Waals surface area (Å²) < 4.78 is 2.35. The van der Waals surface area contributed by atoms with Gasteiger partial charge in [-0.05, 0) is 31.7 Å². The highest BCUT2D eigenvalue weighted by molar-refractivity contribution is 6.33. The molecule has 1 saturated heterocycles. The minimum absolute atomic E-state index is 0.277. The second kappa shape index (κ2) is 5.88. The van der Waals surface area contributed by atoms with Gasteiger partial charge in [0.2, 0.25) is 0 Å². The van der Waals surface area contributed by atoms with Crippen LogP contribution in [0.4, 0.5) is 5.69 Å². The van der Waals surface area contributed by atoms with Crippen LogP contribution < -0.4 is 4.90 Å². The van der Waals surface area contributed by atoms with Crippen LogP contribution in [-0.2, 0) is 13.0 Å². The van der Waals surface area contributed by atoms with Crippen LogP contribution in [0.1, 0.15) is 49.8 Å². The first-order valence-electron chi connectivity index (χ1n) is 8.13. The molecular weight excluding hydrogens is 298 g/mol. The van der Waals surface area contributed by atoms with Gasteiger partial charge in [-0.15, -0.1) is 10.2 Å². The van der Waals surface area contributed by atoms with Crippen molar-refractivity contribution in [3.63, 3.8) is 0 Å². The number of anilines is 1. The van der Waals surface area contributed by atoms with Crippen molar-refractivity contribution < 1.29 is 0 Å². The van der Waals surface area contributed by atoms with Gasteiger partial charge in [0.1, 0.15) is 5.82 Å². The second-order valence-corrected chi connectivity index (χ2v) is 6.52. The van der Waals surface area contributed by atoms with E-state index in [-0.39, 0.29) is 6.04 Å². The number of rotatable bonds is 2. The first-order chi connectivity index (χ1) is 10.8. The van der Waals surface area contributed by atoms with Gasteiger partial charge in [-0.25, -0.2) is 0 Å². The zero-order valence-corrected chi connectivity index (χ0v) is 13.3. The maximum atomic E-state index is 6.35. The molecule has 0 bridgehead atoms. The molecule has 0 spiro atoms. The van der Waals surface area contributed by atoms with Crippen LogP contribution >= 0.6 is 11.6 Å². The zero-order chi connectivity index (χ0) is 14.9. The molecule has 0 saturated carbocycles. The lowest BCUT2D eigenvalue weighted by molar-refractivity contribution is 0.559. The first kappa shape index (κ1) is 14.0. The van der Waals surface area contributed by atoms with Gasteiger partial charge in [0.15, 0.2) is 5.82 Å². The van der Waals surface area contributed by atoms with Crippen molar-refractivity contribution in [1.29, 1.82) is 0 Å². The van der Waals surface area contributed by atoms with Gasteiger partial charge in [0.25, 0.3) is 0 Å². The molecule has 1 unspecified atom stereocenters. The SMILES string of the molecule is Clc1cnccc1N1CCCC1c1nnc2n1CCCCC2. The van der Waals surface area contributed by atoms with E-state index in [1.54, 1.807) is 12.4 Å². The highest BCUT2D eigenvalue weighted by Gasteiger charge is 2.32. The van der Waals surface area contributed by atoms with Crippen LogP contribution in [0, 0.1) is 0 Å². The van der Waals surface area contributed by atoms with Crippen LogP contribution in [0.25, 0.3) is 0 Å². The van der Waals surface area contributed by atoms with Gasteiger partial charge in [0.05, 0.1) is 16.8 Å². The Morgan fingerprint density at radius 3 is 2.95 bits per heavy atom. The van der Waals surface area contributed by atoms with Crippen molar-refractivity contribution in [2.75, 3.05) is 11.4 Å². The van der Waals surface area contributed by atoms with E-state index in [1.165, 1.54) is 19.3 Å². The normalized spacial score (nSPS) is 21.7. The molecule has 4 rings (SSSR count). The Kier molecular flexibility index (Phi) is 3.74. The average molecular weight is 318 g/mol. The quantitative estimate of drug-likeness (QED) is 0.851. The molecule has 0 N–H and O–H groups in total. The average Bonchev–Trinajstić information content (AvgIpc) is 3.08. The number of pyridine rings is 1. The molecule has 4 heterocycles. The summed E-state index contributed by atoms with van der Waals surface area (Å²) in [6.45, 7) is 2.06. The molecule has 5 nitrogen and oxygen atoms in total. The summed E-state index contributed by atoms with van der Waals surface area (Å²) in [7, 11) is 0. The number of fused-ring (bicyclic) bond motifs is 1. The number of halogens is 1. The molecule has 6 heteroatoms. The van der Waals surface area contributed by atoms with Crippen molar-refractivity contribution in [2.24, 2.45) is 0 Å². The van der Waals surface area contributed by atoms with Crippen molar-refractivity contribution in [3.05, 3.63) is 35.1 Å². The van der Waals surface area contributed by atoms with Crippen molar-refractivity contribution >= 4 is 17.3 Å². The van der Waals surface area contributed by atoms with E-state index in [4.69, 9.17) is 11.6 Å². The molecule has 0 aromatic carbocycles. The molecule has 2 aliphatic heterocycles. The first-order valence-corrected chi connectivity index (χ1v) is 8.50. The molecule has 2 aromatic heterocycles. The van der Waals surface area contributed by atoms with E-state index in [9.17, 15) is 0 Å². The van der Waals surface area contributed by atoms with E-state index >= 15 is 0 Å². The highest BCUT2D eigenvalue weighted by atomic mass is 35.5. The summed E-state index contributed by atoms with van der Waals surface area (Å²) in [4.78, 5) is 6.46. The number of nitrogens with zero attached hydrogens (tertiary/aromatic N) is 5. The predicted octanol–water partition coefficient (Wildman–Crippen LogP) is 3.39. The number of aromatic nitrogens is 4. The molecule has 0 radical (unpaired) electrons. The highest BCUT2D eigenvalue weighted by Crippen LogP contribution is 2.38. The van der Waals surface area contributed by atoms with Gasteiger partial charge in [0, 0.05) is 31.9 Å². The fraction of sp³-hybridized carbons (Fsp3) is 0.562. The summed E-state index contributed by atoms with van der Waals surface area (Å²) in [6.07, 6.45) is 10.6. The monoisotopic (exact) mass is 317 g/mol. The van der Waals surface area contributed by atoms with Crippen molar-refractivity contribution in [3.8, 4) is 0 Å². The summed E-state index contributed by atoms with van der Waals surface area (Å²) in [5.41, 5.74) is 1.06. The molecular formula is C16H20ClN5. The molecule has 1 atom stereocenters. The fourth-order valence-electron chi connectivity index (χ4n) is 3.68. The van der Waals surface area contributed by atoms with E-state index in [0.717, 1.165) is 49.7 Å². The third-order valence-electron chi connectivity index (χ3n) is 4.75. The molecule has 22 heavy (non-hydrogen) atoms. The molecule has 2 aromatic rings. The van der Waals surface area contributed by atoms with Gasteiger partial charge in [-0.1, -0.05) is 18.0 Å². The third kappa shape index (κ3) is 2.37. The smallest absolute Gasteiger partial charge is 0.155 e. The van der Waals surface area contributed by atoms with Crippen LogP contribution in [0.2, 0.25) is 5.02 Å². The van der Waals surface area contributed by atoms with E-state index in [0.29, 0.717) is 5.02 Å². The minimum Gasteiger partial charge on any atom is -0.360 e. The summed E-state index contributed by atoms with van der Waals surface area (Å²) in [5, 5.41) is 9.71. The van der Waals surface area contributed by atoms with E-state index in [1.807, 2.05) is 6.07 Å². The summed E-state index contributed by atoms with van der Waals surface area (Å²) in [6, 6.07) is 2.28. The Morgan fingerprint density at radius 2 is 2.05 bits per heavy atom. The molecule has 2 aliphatic rings. The standard InChI is InChI=1S/C16H20ClN5/c17-12-11-18-8-7-13(12)21-10-4-5-14(21)16-20-19-15-6-2-1-3-9-22(15)16/h7-8,11,14H,1-6,9-10H2. The molecule has 1 fully saturated rings. The fourth-order valence-corrected chi connectivity index (χ4v) is 3.91. The van der Waals surface area contributed by atoms with E-state index in [2.05, 4.69) is 24.6 Å². The van der Waals surface area contributed by atoms with Crippen molar-refractivity contribution in [2.45, 2.75) is 51.1 Å². The van der Waals surface area contributed by atoms with Gasteiger partial charge in [-0.3, -0.25) is 4.98 Å². The summed E-state index contributed by atoms with van der Waals surface area (Å²) in [5.74, 6) is 2.27. The third-order valence-corrected chi connectivity index (χ3v) is 5.04. The van der Waals surface area contributed by atoms with Crippen LogP contribution in [0.5, 0.6) is 0 Å². The van der Waals surface area contributed by atoms with Crippen LogP contribution in [0.15, 0.2) is 18.5 Å². The lowest BCUT2D eigenvalue weighted by Gasteiger charge is -2.27. The largest absolute Gasteiger partial charge is 0.360 e. The summed E-state index contributed by atoms with van der Waals surface area (Å²) >= 11 is 6.35.